The average molecular weight is 205 g/mol. The molecule has 0 unspecified atom stereocenters. The molecule has 1 aromatic carbocycles. The van der Waals surface area contributed by atoms with Crippen LogP contribution in [-0.2, 0) is 4.84 Å². The number of oxime groups is 1. The SMILES string of the molecule is C=C/C(CCOc1ccccc1)=N\OC. The maximum atomic E-state index is 5.50. The minimum Gasteiger partial charge on any atom is -0.493 e. The van der Waals surface area contributed by atoms with Crippen LogP contribution in [0.5, 0.6) is 5.75 Å². The monoisotopic (exact) mass is 205 g/mol. The van der Waals surface area contributed by atoms with Crippen molar-refractivity contribution in [1.82, 2.24) is 0 Å². The van der Waals surface area contributed by atoms with Crippen LogP contribution in [0.3, 0.4) is 0 Å². The molecule has 0 amide bonds. The van der Waals surface area contributed by atoms with E-state index in [4.69, 9.17) is 4.74 Å². The number of para-hydroxylation sites is 1. The van der Waals surface area contributed by atoms with E-state index in [1.54, 1.807) is 6.08 Å². The molecule has 0 atom stereocenters. The van der Waals surface area contributed by atoms with Gasteiger partial charge in [-0.3, -0.25) is 0 Å². The molecule has 1 aromatic rings. The standard InChI is InChI=1S/C12H15NO2/c1-3-11(13-14-2)9-10-15-12-7-5-4-6-8-12/h3-8H,1,9-10H2,2H3/b13-11+. The second-order valence-electron chi connectivity index (χ2n) is 2.88. The molecule has 15 heavy (non-hydrogen) atoms. The molecule has 0 heterocycles. The van der Waals surface area contributed by atoms with Gasteiger partial charge in [-0.2, -0.15) is 0 Å². The molecular formula is C12H15NO2. The van der Waals surface area contributed by atoms with Crippen LogP contribution in [0.4, 0.5) is 0 Å². The molecule has 0 saturated carbocycles. The Morgan fingerprint density at radius 3 is 2.73 bits per heavy atom. The van der Waals surface area contributed by atoms with Gasteiger partial charge >= 0.3 is 0 Å². The Kier molecular flexibility index (Phi) is 5.01. The Hall–Kier alpha value is -1.77. The van der Waals surface area contributed by atoms with Crippen molar-refractivity contribution in [3.8, 4) is 5.75 Å². The maximum Gasteiger partial charge on any atom is 0.119 e. The van der Waals surface area contributed by atoms with Crippen LogP contribution in [-0.4, -0.2) is 19.4 Å². The van der Waals surface area contributed by atoms with E-state index >= 15 is 0 Å². The molecule has 0 aliphatic heterocycles. The lowest BCUT2D eigenvalue weighted by Gasteiger charge is -2.05. The number of nitrogens with zero attached hydrogens (tertiary/aromatic N) is 1. The fourth-order valence-electron chi connectivity index (χ4n) is 1.09. The summed E-state index contributed by atoms with van der Waals surface area (Å²) in [6, 6.07) is 9.66. The van der Waals surface area contributed by atoms with Gasteiger partial charge in [-0.15, -0.1) is 0 Å². The van der Waals surface area contributed by atoms with E-state index in [1.165, 1.54) is 7.11 Å². The number of hydrogen-bond donors (Lipinski definition) is 0. The molecule has 3 nitrogen and oxygen atoms in total. The summed E-state index contributed by atoms with van der Waals surface area (Å²) in [6.45, 7) is 4.21. The lowest BCUT2D eigenvalue weighted by molar-refractivity contribution is 0.212. The summed E-state index contributed by atoms with van der Waals surface area (Å²) >= 11 is 0. The quantitative estimate of drug-likeness (QED) is 0.528. The van der Waals surface area contributed by atoms with Gasteiger partial charge in [0.2, 0.25) is 0 Å². The third-order valence-corrected chi connectivity index (χ3v) is 1.81. The van der Waals surface area contributed by atoms with Gasteiger partial charge in [-0.05, 0) is 18.2 Å². The second kappa shape index (κ2) is 6.65. The number of benzene rings is 1. The van der Waals surface area contributed by atoms with Gasteiger partial charge < -0.3 is 9.57 Å². The normalized spacial score (nSPS) is 10.9. The van der Waals surface area contributed by atoms with Gasteiger partial charge in [0.25, 0.3) is 0 Å². The molecule has 0 N–H and O–H groups in total. The van der Waals surface area contributed by atoms with Crippen molar-refractivity contribution >= 4 is 5.71 Å². The van der Waals surface area contributed by atoms with E-state index in [1.807, 2.05) is 30.3 Å². The molecule has 0 spiro atoms. The van der Waals surface area contributed by atoms with Crippen LogP contribution >= 0.6 is 0 Å². The average Bonchev–Trinajstić information content (AvgIpc) is 2.29. The third kappa shape index (κ3) is 4.31. The number of rotatable bonds is 6. The van der Waals surface area contributed by atoms with Crippen molar-refractivity contribution in [2.45, 2.75) is 6.42 Å². The molecule has 0 saturated heterocycles. The maximum absolute atomic E-state index is 5.50. The minimum atomic E-state index is 0.568. The summed E-state index contributed by atoms with van der Waals surface area (Å²) < 4.78 is 5.50. The first kappa shape index (κ1) is 11.3. The highest BCUT2D eigenvalue weighted by atomic mass is 16.6. The van der Waals surface area contributed by atoms with Crippen LogP contribution in [0.15, 0.2) is 48.1 Å². The van der Waals surface area contributed by atoms with Crippen LogP contribution in [0.25, 0.3) is 0 Å². The topological polar surface area (TPSA) is 30.8 Å². The summed E-state index contributed by atoms with van der Waals surface area (Å²) in [4.78, 5) is 4.66. The van der Waals surface area contributed by atoms with E-state index < -0.39 is 0 Å². The number of hydrogen-bond acceptors (Lipinski definition) is 3. The van der Waals surface area contributed by atoms with Crippen LogP contribution in [0, 0.1) is 0 Å². The van der Waals surface area contributed by atoms with Crippen molar-refractivity contribution in [1.29, 1.82) is 0 Å². The Morgan fingerprint density at radius 2 is 2.13 bits per heavy atom. The first-order chi connectivity index (χ1) is 7.36. The summed E-state index contributed by atoms with van der Waals surface area (Å²) in [5, 5.41) is 3.79. The molecule has 3 heteroatoms. The van der Waals surface area contributed by atoms with Gasteiger partial charge in [-0.25, -0.2) is 0 Å². The molecule has 0 aliphatic rings. The molecule has 0 bridgehead atoms. The van der Waals surface area contributed by atoms with Crippen molar-refractivity contribution in [3.63, 3.8) is 0 Å². The highest BCUT2D eigenvalue weighted by Gasteiger charge is 1.96. The third-order valence-electron chi connectivity index (χ3n) is 1.81. The molecule has 1 rings (SSSR count). The molecule has 0 radical (unpaired) electrons. The van der Waals surface area contributed by atoms with E-state index in [0.717, 1.165) is 11.5 Å². The van der Waals surface area contributed by atoms with Crippen molar-refractivity contribution in [2.75, 3.05) is 13.7 Å². The van der Waals surface area contributed by atoms with E-state index in [2.05, 4.69) is 16.6 Å². The highest BCUT2D eigenvalue weighted by Crippen LogP contribution is 2.08. The van der Waals surface area contributed by atoms with Gasteiger partial charge in [0.15, 0.2) is 0 Å². The zero-order valence-corrected chi connectivity index (χ0v) is 8.85. The lowest BCUT2D eigenvalue weighted by Crippen LogP contribution is -2.04. The van der Waals surface area contributed by atoms with E-state index in [0.29, 0.717) is 13.0 Å². The zero-order chi connectivity index (χ0) is 10.9. The molecule has 0 fully saturated rings. The van der Waals surface area contributed by atoms with Crippen LogP contribution < -0.4 is 4.74 Å². The first-order valence-corrected chi connectivity index (χ1v) is 4.77. The van der Waals surface area contributed by atoms with Crippen molar-refractivity contribution < 1.29 is 9.57 Å². The predicted octanol–water partition coefficient (Wildman–Crippen LogP) is 2.64. The van der Waals surface area contributed by atoms with Crippen LogP contribution in [0.2, 0.25) is 0 Å². The summed E-state index contributed by atoms with van der Waals surface area (Å²) in [6.07, 6.45) is 2.35. The van der Waals surface area contributed by atoms with Gasteiger partial charge in [0.1, 0.15) is 12.9 Å². The van der Waals surface area contributed by atoms with E-state index in [9.17, 15) is 0 Å². The van der Waals surface area contributed by atoms with Gasteiger partial charge in [-0.1, -0.05) is 29.9 Å². The van der Waals surface area contributed by atoms with Gasteiger partial charge in [0.05, 0.1) is 12.3 Å². The van der Waals surface area contributed by atoms with Crippen molar-refractivity contribution in [2.24, 2.45) is 5.16 Å². The molecule has 0 aromatic heterocycles. The Bertz CT molecular complexity index is 320. The van der Waals surface area contributed by atoms with E-state index in [-0.39, 0.29) is 0 Å². The smallest absolute Gasteiger partial charge is 0.119 e. The summed E-state index contributed by atoms with van der Waals surface area (Å²) in [7, 11) is 1.52. The second-order valence-corrected chi connectivity index (χ2v) is 2.88. The highest BCUT2D eigenvalue weighted by molar-refractivity contribution is 5.94. The largest absolute Gasteiger partial charge is 0.493 e. The first-order valence-electron chi connectivity index (χ1n) is 4.77. The molecule has 0 aliphatic carbocycles. The lowest BCUT2D eigenvalue weighted by atomic mass is 10.3. The fourth-order valence-corrected chi connectivity index (χ4v) is 1.09. The number of ether oxygens (including phenoxy) is 1. The minimum absolute atomic E-state index is 0.568. The summed E-state index contributed by atoms with van der Waals surface area (Å²) in [5.41, 5.74) is 0.786. The Labute approximate surface area is 90.0 Å². The van der Waals surface area contributed by atoms with Crippen molar-refractivity contribution in [3.05, 3.63) is 43.0 Å². The molecule has 80 valence electrons. The zero-order valence-electron chi connectivity index (χ0n) is 8.85. The molecular weight excluding hydrogens is 190 g/mol. The predicted molar refractivity (Wildman–Crippen MR) is 61.2 cm³/mol. The van der Waals surface area contributed by atoms with Crippen LogP contribution in [0.1, 0.15) is 6.42 Å². The summed E-state index contributed by atoms with van der Waals surface area (Å²) in [5.74, 6) is 0.860. The number of allylic oxidation sites excluding steroid dienone is 1. The van der Waals surface area contributed by atoms with Gasteiger partial charge in [0, 0.05) is 6.42 Å². The Morgan fingerprint density at radius 1 is 1.40 bits per heavy atom. The Balaban J connectivity index is 2.33. The fraction of sp³-hybridized carbons (Fsp3) is 0.250.